The summed E-state index contributed by atoms with van der Waals surface area (Å²) in [6, 6.07) is 15.5. The molecule has 0 spiro atoms. The fourth-order valence-corrected chi connectivity index (χ4v) is 3.01. The number of fused-ring (bicyclic) bond motifs is 1. The summed E-state index contributed by atoms with van der Waals surface area (Å²) in [5, 5.41) is 3.67. The topological polar surface area (TPSA) is 51.2 Å². The average Bonchev–Trinajstić information content (AvgIpc) is 3.01. The zero-order chi connectivity index (χ0) is 16.1. The van der Waals surface area contributed by atoms with Gasteiger partial charge in [0.05, 0.1) is 17.3 Å². The fraction of sp³-hybridized carbons (Fsp3) is 0.111. The molecule has 0 radical (unpaired) electrons. The molecule has 0 atom stereocenters. The molecule has 0 aliphatic carbocycles. The third-order valence-corrected chi connectivity index (χ3v) is 4.29. The number of amides is 1. The zero-order valence-electron chi connectivity index (χ0n) is 12.7. The summed E-state index contributed by atoms with van der Waals surface area (Å²) < 4.78 is 6.28. The van der Waals surface area contributed by atoms with Crippen LogP contribution in [-0.2, 0) is 11.3 Å². The summed E-state index contributed by atoms with van der Waals surface area (Å²) in [6.07, 6.45) is 3.25. The molecule has 4 nitrogen and oxygen atoms in total. The summed E-state index contributed by atoms with van der Waals surface area (Å²) >= 11 is 1.56. The molecule has 0 saturated heterocycles. The van der Waals surface area contributed by atoms with Gasteiger partial charge in [0.2, 0.25) is 5.91 Å². The summed E-state index contributed by atoms with van der Waals surface area (Å²) in [6.45, 7) is 0.459. The van der Waals surface area contributed by atoms with Crippen LogP contribution in [0.2, 0.25) is 0 Å². The number of carbonyl (C=O) groups is 1. The third kappa shape index (κ3) is 3.96. The second-order valence-electron chi connectivity index (χ2n) is 4.92. The van der Waals surface area contributed by atoms with Crippen LogP contribution in [-0.4, -0.2) is 18.0 Å². The SMILES string of the molecule is COc1cccc(CNC(=O)/C=C/c2nc3ccccc3s2)c1. The summed E-state index contributed by atoms with van der Waals surface area (Å²) in [4.78, 5) is 16.4. The highest BCUT2D eigenvalue weighted by atomic mass is 32.1. The van der Waals surface area contributed by atoms with E-state index >= 15 is 0 Å². The minimum absolute atomic E-state index is 0.146. The summed E-state index contributed by atoms with van der Waals surface area (Å²) in [5.41, 5.74) is 1.94. The molecule has 1 heterocycles. The van der Waals surface area contributed by atoms with Gasteiger partial charge in [0, 0.05) is 12.6 Å². The summed E-state index contributed by atoms with van der Waals surface area (Å²) in [7, 11) is 1.62. The predicted molar refractivity (Wildman–Crippen MR) is 93.5 cm³/mol. The number of para-hydroxylation sites is 1. The quantitative estimate of drug-likeness (QED) is 0.729. The Kier molecular flexibility index (Phi) is 4.68. The van der Waals surface area contributed by atoms with E-state index in [9.17, 15) is 4.79 Å². The van der Waals surface area contributed by atoms with Crippen molar-refractivity contribution in [3.63, 3.8) is 0 Å². The Hall–Kier alpha value is -2.66. The highest BCUT2D eigenvalue weighted by molar-refractivity contribution is 7.19. The molecule has 5 heteroatoms. The molecule has 3 aromatic rings. The molecule has 1 N–H and O–H groups in total. The molecule has 0 aliphatic heterocycles. The molecular weight excluding hydrogens is 308 g/mol. The molecule has 0 bridgehead atoms. The Morgan fingerprint density at radius 3 is 2.96 bits per heavy atom. The number of aromatic nitrogens is 1. The van der Waals surface area contributed by atoms with Gasteiger partial charge in [-0.15, -0.1) is 11.3 Å². The van der Waals surface area contributed by atoms with Crippen molar-refractivity contribution in [2.45, 2.75) is 6.54 Å². The van der Waals surface area contributed by atoms with Gasteiger partial charge in [-0.2, -0.15) is 0 Å². The van der Waals surface area contributed by atoms with Crippen LogP contribution in [0.3, 0.4) is 0 Å². The number of hydrogen-bond donors (Lipinski definition) is 1. The number of rotatable bonds is 5. The molecule has 0 fully saturated rings. The molecule has 3 rings (SSSR count). The standard InChI is InChI=1S/C18H16N2O2S/c1-22-14-6-4-5-13(11-14)12-19-17(21)9-10-18-20-15-7-2-3-8-16(15)23-18/h2-11H,12H2,1H3,(H,19,21)/b10-9+. The van der Waals surface area contributed by atoms with E-state index in [2.05, 4.69) is 10.3 Å². The number of carbonyl (C=O) groups excluding carboxylic acids is 1. The van der Waals surface area contributed by atoms with Gasteiger partial charge in [0.1, 0.15) is 10.8 Å². The molecular formula is C18H16N2O2S. The molecule has 2 aromatic carbocycles. The minimum atomic E-state index is -0.146. The molecule has 0 aliphatic rings. The first-order valence-electron chi connectivity index (χ1n) is 7.19. The molecule has 0 unspecified atom stereocenters. The third-order valence-electron chi connectivity index (χ3n) is 3.29. The number of nitrogens with zero attached hydrogens (tertiary/aromatic N) is 1. The lowest BCUT2D eigenvalue weighted by Crippen LogP contribution is -2.20. The number of thiazole rings is 1. The number of methoxy groups -OCH3 is 1. The maximum absolute atomic E-state index is 11.9. The van der Waals surface area contributed by atoms with E-state index in [0.29, 0.717) is 6.54 Å². The first-order valence-corrected chi connectivity index (χ1v) is 8.00. The Morgan fingerprint density at radius 2 is 2.13 bits per heavy atom. The molecule has 116 valence electrons. The Balaban J connectivity index is 1.60. The van der Waals surface area contributed by atoms with Crippen LogP contribution in [0.15, 0.2) is 54.6 Å². The number of benzene rings is 2. The normalized spacial score (nSPS) is 11.0. The molecule has 0 saturated carbocycles. The lowest BCUT2D eigenvalue weighted by atomic mass is 10.2. The van der Waals surface area contributed by atoms with Gasteiger partial charge in [-0.05, 0) is 35.9 Å². The first kappa shape index (κ1) is 15.2. The summed E-state index contributed by atoms with van der Waals surface area (Å²) in [5.74, 6) is 0.633. The van der Waals surface area contributed by atoms with E-state index in [1.807, 2.05) is 48.5 Å². The van der Waals surface area contributed by atoms with Crippen LogP contribution >= 0.6 is 11.3 Å². The van der Waals surface area contributed by atoms with Gasteiger partial charge in [-0.1, -0.05) is 24.3 Å². The van der Waals surface area contributed by atoms with E-state index in [1.54, 1.807) is 24.5 Å². The monoisotopic (exact) mass is 324 g/mol. The lowest BCUT2D eigenvalue weighted by molar-refractivity contribution is -0.116. The van der Waals surface area contributed by atoms with Crippen LogP contribution < -0.4 is 10.1 Å². The average molecular weight is 324 g/mol. The zero-order valence-corrected chi connectivity index (χ0v) is 13.5. The van der Waals surface area contributed by atoms with E-state index in [1.165, 1.54) is 6.08 Å². The molecule has 1 aromatic heterocycles. The second-order valence-corrected chi connectivity index (χ2v) is 5.98. The maximum atomic E-state index is 11.9. The van der Waals surface area contributed by atoms with Gasteiger partial charge >= 0.3 is 0 Å². The van der Waals surface area contributed by atoms with Gasteiger partial charge in [-0.25, -0.2) is 4.98 Å². The number of ether oxygens (including phenoxy) is 1. The van der Waals surface area contributed by atoms with Crippen LogP contribution in [0, 0.1) is 0 Å². The highest BCUT2D eigenvalue weighted by Gasteiger charge is 2.02. The molecule has 1 amide bonds. The number of hydrogen-bond acceptors (Lipinski definition) is 4. The van der Waals surface area contributed by atoms with Crippen LogP contribution in [0.5, 0.6) is 5.75 Å². The van der Waals surface area contributed by atoms with Crippen molar-refractivity contribution < 1.29 is 9.53 Å². The van der Waals surface area contributed by atoms with Gasteiger partial charge < -0.3 is 10.1 Å². The smallest absolute Gasteiger partial charge is 0.244 e. The van der Waals surface area contributed by atoms with E-state index in [-0.39, 0.29) is 5.91 Å². The van der Waals surface area contributed by atoms with Crippen molar-refractivity contribution >= 4 is 33.5 Å². The number of nitrogens with one attached hydrogen (secondary N) is 1. The van der Waals surface area contributed by atoms with Gasteiger partial charge in [0.15, 0.2) is 0 Å². The first-order chi connectivity index (χ1) is 11.2. The van der Waals surface area contributed by atoms with Crippen LogP contribution in [0.4, 0.5) is 0 Å². The van der Waals surface area contributed by atoms with Crippen molar-refractivity contribution in [2.75, 3.05) is 7.11 Å². The largest absolute Gasteiger partial charge is 0.497 e. The van der Waals surface area contributed by atoms with Crippen LogP contribution in [0.25, 0.3) is 16.3 Å². The lowest BCUT2D eigenvalue weighted by Gasteiger charge is -2.04. The molecule has 23 heavy (non-hydrogen) atoms. The van der Waals surface area contributed by atoms with Gasteiger partial charge in [0.25, 0.3) is 0 Å². The van der Waals surface area contributed by atoms with Gasteiger partial charge in [-0.3, -0.25) is 4.79 Å². The fourth-order valence-electron chi connectivity index (χ4n) is 2.14. The predicted octanol–water partition coefficient (Wildman–Crippen LogP) is 3.63. The minimum Gasteiger partial charge on any atom is -0.497 e. The Bertz CT molecular complexity index is 822. The van der Waals surface area contributed by atoms with Crippen molar-refractivity contribution in [3.05, 3.63) is 65.2 Å². The highest BCUT2D eigenvalue weighted by Crippen LogP contribution is 2.22. The Morgan fingerprint density at radius 1 is 1.26 bits per heavy atom. The van der Waals surface area contributed by atoms with E-state index in [4.69, 9.17) is 4.74 Å². The second kappa shape index (κ2) is 7.07. The Labute approximate surface area is 138 Å². The maximum Gasteiger partial charge on any atom is 0.244 e. The van der Waals surface area contributed by atoms with Crippen molar-refractivity contribution in [1.29, 1.82) is 0 Å². The van der Waals surface area contributed by atoms with Crippen molar-refractivity contribution in [3.8, 4) is 5.75 Å². The van der Waals surface area contributed by atoms with Crippen LogP contribution in [0.1, 0.15) is 10.6 Å². The van der Waals surface area contributed by atoms with Crippen molar-refractivity contribution in [2.24, 2.45) is 0 Å². The van der Waals surface area contributed by atoms with Crippen molar-refractivity contribution in [1.82, 2.24) is 10.3 Å². The van der Waals surface area contributed by atoms with E-state index in [0.717, 1.165) is 26.5 Å². The van der Waals surface area contributed by atoms with E-state index < -0.39 is 0 Å².